The van der Waals surface area contributed by atoms with Crippen LogP contribution in [0.4, 0.5) is 0 Å². The fraction of sp³-hybridized carbons (Fsp3) is 0.278. The van der Waals surface area contributed by atoms with Gasteiger partial charge >= 0.3 is 0 Å². The quantitative estimate of drug-likeness (QED) is 0.497. The van der Waals surface area contributed by atoms with E-state index in [9.17, 15) is 4.79 Å². The van der Waals surface area contributed by atoms with E-state index in [2.05, 4.69) is 20.3 Å². The summed E-state index contributed by atoms with van der Waals surface area (Å²) in [7, 11) is 3.53. The molecule has 28 heavy (non-hydrogen) atoms. The average molecular weight is 396 g/mol. The molecule has 0 atom stereocenters. The van der Waals surface area contributed by atoms with Crippen molar-refractivity contribution in [3.8, 4) is 0 Å². The molecule has 0 aromatic carbocycles. The molecule has 3 N–H and O–H groups in total. The zero-order chi connectivity index (χ0) is 19.8. The van der Waals surface area contributed by atoms with Crippen molar-refractivity contribution in [2.24, 2.45) is 17.8 Å². The molecule has 0 aliphatic rings. The number of nitrogens with zero attached hydrogens (tertiary/aromatic N) is 6. The number of aliphatic imine (C=N–C) groups is 1. The second kappa shape index (κ2) is 7.04. The van der Waals surface area contributed by atoms with E-state index in [-0.39, 0.29) is 12.1 Å². The van der Waals surface area contributed by atoms with Crippen molar-refractivity contribution in [3.63, 3.8) is 0 Å². The Kier molecular flexibility index (Phi) is 4.55. The summed E-state index contributed by atoms with van der Waals surface area (Å²) < 4.78 is 4.17. The number of nitrogens with one attached hydrogen (secondary N) is 1. The van der Waals surface area contributed by atoms with Crippen molar-refractivity contribution < 1.29 is 0 Å². The topological polar surface area (TPSA) is 120 Å². The van der Waals surface area contributed by atoms with Crippen LogP contribution in [0.15, 0.2) is 39.5 Å². The Bertz CT molecular complexity index is 1270. The molecule has 9 nitrogen and oxygen atoms in total. The maximum Gasteiger partial charge on any atom is 0.291 e. The Labute approximate surface area is 164 Å². The highest BCUT2D eigenvalue weighted by Gasteiger charge is 2.18. The van der Waals surface area contributed by atoms with Gasteiger partial charge in [-0.05, 0) is 18.6 Å². The van der Waals surface area contributed by atoms with Crippen LogP contribution in [0, 0.1) is 0 Å². The van der Waals surface area contributed by atoms with Crippen LogP contribution in [0.3, 0.4) is 0 Å². The van der Waals surface area contributed by atoms with Gasteiger partial charge in [0, 0.05) is 49.7 Å². The molecule has 0 saturated carbocycles. The number of fused-ring (bicyclic) bond motifs is 3. The van der Waals surface area contributed by atoms with Gasteiger partial charge in [0.2, 0.25) is 0 Å². The van der Waals surface area contributed by atoms with Gasteiger partial charge < -0.3 is 10.3 Å². The summed E-state index contributed by atoms with van der Waals surface area (Å²) in [4.78, 5) is 21.7. The average Bonchev–Trinajstić information content (AvgIpc) is 3.37. The summed E-state index contributed by atoms with van der Waals surface area (Å²) in [5, 5.41) is 13.0. The molecule has 4 aromatic rings. The molecule has 10 heteroatoms. The molecule has 0 saturated heterocycles. The largest absolute Gasteiger partial charge is 0.400 e. The lowest BCUT2D eigenvalue weighted by Crippen LogP contribution is -2.27. The summed E-state index contributed by atoms with van der Waals surface area (Å²) in [5.74, 6) is 0. The number of rotatable bonds is 5. The first kappa shape index (κ1) is 18.1. The summed E-state index contributed by atoms with van der Waals surface area (Å²) in [5.41, 5.74) is 9.62. The van der Waals surface area contributed by atoms with Gasteiger partial charge in [-0.25, -0.2) is 9.67 Å². The van der Waals surface area contributed by atoms with Crippen molar-refractivity contribution in [1.82, 2.24) is 29.5 Å². The fourth-order valence-electron chi connectivity index (χ4n) is 3.13. The Morgan fingerprint density at radius 1 is 1.46 bits per heavy atom. The van der Waals surface area contributed by atoms with E-state index < -0.39 is 0 Å². The predicted molar refractivity (Wildman–Crippen MR) is 111 cm³/mol. The lowest BCUT2D eigenvalue weighted by Gasteiger charge is -2.07. The number of H-pyrrole nitrogens is 1. The van der Waals surface area contributed by atoms with E-state index in [1.165, 1.54) is 4.68 Å². The van der Waals surface area contributed by atoms with Crippen LogP contribution in [-0.4, -0.2) is 42.8 Å². The highest BCUT2D eigenvalue weighted by atomic mass is 32.1. The van der Waals surface area contributed by atoms with Crippen LogP contribution in [0.5, 0.6) is 0 Å². The van der Waals surface area contributed by atoms with Crippen molar-refractivity contribution in [3.05, 3.63) is 50.8 Å². The van der Waals surface area contributed by atoms with E-state index in [1.807, 2.05) is 24.6 Å². The van der Waals surface area contributed by atoms with Crippen LogP contribution in [0.1, 0.15) is 17.6 Å². The molecule has 144 valence electrons. The summed E-state index contributed by atoms with van der Waals surface area (Å²) in [6.45, 7) is 2.07. The number of hydrogen-bond donors (Lipinski definition) is 2. The van der Waals surface area contributed by atoms with Crippen molar-refractivity contribution in [1.29, 1.82) is 0 Å². The Balaban J connectivity index is 1.78. The van der Waals surface area contributed by atoms with Gasteiger partial charge in [0.05, 0.1) is 17.4 Å². The predicted octanol–water partition coefficient (Wildman–Crippen LogP) is 1.59. The number of thiazole rings is 1. The standard InChI is InChI=1S/C18H20N8OS/c1-10(7-20-2)13(19)9-26-18(27)15-12(8-22-26)16-17(25(15)3)23-14(28-16)6-11-4-5-21-24-11/h4-5,7-8H,6,9,19H2,1-3H3,(H,21,24). The lowest BCUT2D eigenvalue weighted by atomic mass is 10.2. The zero-order valence-electron chi connectivity index (χ0n) is 15.8. The lowest BCUT2D eigenvalue weighted by molar-refractivity contribution is 0.630. The van der Waals surface area contributed by atoms with Gasteiger partial charge in [-0.15, -0.1) is 11.3 Å². The molecule has 0 bridgehead atoms. The summed E-state index contributed by atoms with van der Waals surface area (Å²) >= 11 is 1.57. The molecular formula is C18H20N8OS. The molecule has 0 unspecified atom stereocenters. The van der Waals surface area contributed by atoms with Crippen LogP contribution in [0.25, 0.3) is 21.3 Å². The van der Waals surface area contributed by atoms with Gasteiger partial charge in [-0.3, -0.25) is 14.9 Å². The molecule has 4 rings (SSSR count). The minimum Gasteiger partial charge on any atom is -0.400 e. The first-order chi connectivity index (χ1) is 13.5. The van der Waals surface area contributed by atoms with E-state index >= 15 is 0 Å². The zero-order valence-corrected chi connectivity index (χ0v) is 16.6. The van der Waals surface area contributed by atoms with Gasteiger partial charge in [-0.2, -0.15) is 10.2 Å². The van der Waals surface area contributed by atoms with E-state index in [1.54, 1.807) is 37.0 Å². The van der Waals surface area contributed by atoms with E-state index in [0.717, 1.165) is 32.0 Å². The summed E-state index contributed by atoms with van der Waals surface area (Å²) in [6.07, 6.45) is 5.78. The molecule has 4 heterocycles. The molecule has 4 aromatic heterocycles. The molecule has 0 radical (unpaired) electrons. The van der Waals surface area contributed by atoms with Crippen LogP contribution >= 0.6 is 11.3 Å². The SMILES string of the molecule is CN=CC(C)=C(N)Cn1ncc2c3sc(Cc4ccn[nH]4)nc3n(C)c2c1=O. The molecule has 0 aliphatic heterocycles. The Morgan fingerprint density at radius 2 is 2.29 bits per heavy atom. The second-order valence-electron chi connectivity index (χ2n) is 6.54. The van der Waals surface area contributed by atoms with E-state index in [4.69, 9.17) is 10.7 Å². The van der Waals surface area contributed by atoms with Crippen molar-refractivity contribution in [2.75, 3.05) is 7.05 Å². The number of nitrogens with two attached hydrogens (primary N) is 1. The van der Waals surface area contributed by atoms with E-state index in [0.29, 0.717) is 17.6 Å². The third-order valence-corrected chi connectivity index (χ3v) is 5.70. The molecular weight excluding hydrogens is 376 g/mol. The highest BCUT2D eigenvalue weighted by molar-refractivity contribution is 7.19. The van der Waals surface area contributed by atoms with Gasteiger partial charge in [0.25, 0.3) is 5.56 Å². The maximum atomic E-state index is 13.0. The minimum absolute atomic E-state index is 0.190. The van der Waals surface area contributed by atoms with Crippen LogP contribution in [-0.2, 0) is 20.0 Å². The van der Waals surface area contributed by atoms with Gasteiger partial charge in [-0.1, -0.05) is 0 Å². The normalized spacial score (nSPS) is 13.1. The third kappa shape index (κ3) is 3.01. The third-order valence-electron chi connectivity index (χ3n) is 4.62. The molecule has 0 spiro atoms. The summed E-state index contributed by atoms with van der Waals surface area (Å²) in [6, 6.07) is 1.92. The number of aromatic nitrogens is 6. The monoisotopic (exact) mass is 396 g/mol. The number of hydrogen-bond acceptors (Lipinski definition) is 7. The number of aromatic amines is 1. The fourth-order valence-corrected chi connectivity index (χ4v) is 4.26. The minimum atomic E-state index is -0.190. The molecule has 0 amide bonds. The number of allylic oxidation sites excluding steroid dienone is 2. The van der Waals surface area contributed by atoms with Gasteiger partial charge in [0.15, 0.2) is 5.65 Å². The smallest absolute Gasteiger partial charge is 0.291 e. The van der Waals surface area contributed by atoms with Gasteiger partial charge in [0.1, 0.15) is 10.5 Å². The number of aryl methyl sites for hydroxylation is 1. The van der Waals surface area contributed by atoms with Crippen molar-refractivity contribution in [2.45, 2.75) is 19.9 Å². The Hall–Kier alpha value is -3.27. The second-order valence-corrected chi connectivity index (χ2v) is 7.63. The van der Waals surface area contributed by atoms with Crippen LogP contribution < -0.4 is 11.3 Å². The molecule has 0 aliphatic carbocycles. The first-order valence-electron chi connectivity index (χ1n) is 8.69. The van der Waals surface area contributed by atoms with Crippen molar-refractivity contribution >= 4 is 38.8 Å². The van der Waals surface area contributed by atoms with Crippen LogP contribution in [0.2, 0.25) is 0 Å². The molecule has 0 fully saturated rings. The highest BCUT2D eigenvalue weighted by Crippen LogP contribution is 2.31. The first-order valence-corrected chi connectivity index (χ1v) is 9.50. The maximum absolute atomic E-state index is 13.0. The Morgan fingerprint density at radius 3 is 3.00 bits per heavy atom.